The molecule has 0 aliphatic carbocycles. The molecule has 0 aliphatic heterocycles. The largest absolute Gasteiger partial charge is 0.324 e. The van der Waals surface area contributed by atoms with Crippen LogP contribution in [0.1, 0.15) is 5.56 Å². The van der Waals surface area contributed by atoms with Gasteiger partial charge in [0.15, 0.2) is 0 Å². The van der Waals surface area contributed by atoms with Crippen LogP contribution in [-0.4, -0.2) is 26.1 Å². The highest BCUT2D eigenvalue weighted by Crippen LogP contribution is 2.22. The molecular formula is C16H13ClFN5O. The number of nitrogens with zero attached hydrogens (tertiary/aromatic N) is 4. The molecule has 24 heavy (non-hydrogen) atoms. The van der Waals surface area contributed by atoms with Gasteiger partial charge in [-0.05, 0) is 42.0 Å². The van der Waals surface area contributed by atoms with Crippen LogP contribution in [0.5, 0.6) is 0 Å². The summed E-state index contributed by atoms with van der Waals surface area (Å²) in [6.45, 7) is 1.70. The first kappa shape index (κ1) is 16.1. The molecule has 3 aromatic rings. The Labute approximate surface area is 142 Å². The van der Waals surface area contributed by atoms with E-state index in [4.69, 9.17) is 11.6 Å². The normalized spacial score (nSPS) is 10.6. The molecule has 0 saturated carbocycles. The number of hydrogen-bond acceptors (Lipinski definition) is 4. The quantitative estimate of drug-likeness (QED) is 0.788. The fraction of sp³-hybridized carbons (Fsp3) is 0.125. The Morgan fingerprint density at radius 2 is 2.08 bits per heavy atom. The van der Waals surface area contributed by atoms with Crippen molar-refractivity contribution in [3.63, 3.8) is 0 Å². The molecule has 0 atom stereocenters. The van der Waals surface area contributed by atoms with Crippen LogP contribution in [0.2, 0.25) is 5.02 Å². The van der Waals surface area contributed by atoms with Gasteiger partial charge < -0.3 is 5.32 Å². The molecule has 0 aliphatic rings. The molecule has 1 aromatic heterocycles. The number of hydrogen-bond donors (Lipinski definition) is 1. The highest BCUT2D eigenvalue weighted by molar-refractivity contribution is 6.31. The van der Waals surface area contributed by atoms with Gasteiger partial charge in [0, 0.05) is 16.3 Å². The van der Waals surface area contributed by atoms with Gasteiger partial charge in [-0.1, -0.05) is 29.8 Å². The van der Waals surface area contributed by atoms with E-state index in [2.05, 4.69) is 20.7 Å². The van der Waals surface area contributed by atoms with Crippen molar-refractivity contribution < 1.29 is 9.18 Å². The average Bonchev–Trinajstić information content (AvgIpc) is 3.00. The van der Waals surface area contributed by atoms with Gasteiger partial charge in [-0.25, -0.2) is 4.39 Å². The van der Waals surface area contributed by atoms with Crippen LogP contribution in [0.15, 0.2) is 42.5 Å². The van der Waals surface area contributed by atoms with Crippen LogP contribution >= 0.6 is 11.6 Å². The van der Waals surface area contributed by atoms with Crippen molar-refractivity contribution in [3.05, 3.63) is 58.9 Å². The lowest BCUT2D eigenvalue weighted by Crippen LogP contribution is -2.21. The van der Waals surface area contributed by atoms with E-state index < -0.39 is 5.82 Å². The number of tetrazole rings is 1. The minimum Gasteiger partial charge on any atom is -0.324 e. The van der Waals surface area contributed by atoms with E-state index in [1.165, 1.54) is 12.1 Å². The maximum Gasteiger partial charge on any atom is 0.248 e. The van der Waals surface area contributed by atoms with Crippen molar-refractivity contribution >= 4 is 23.2 Å². The van der Waals surface area contributed by atoms with Crippen LogP contribution in [0.4, 0.5) is 10.1 Å². The van der Waals surface area contributed by atoms with Gasteiger partial charge in [-0.2, -0.15) is 4.80 Å². The summed E-state index contributed by atoms with van der Waals surface area (Å²) >= 11 is 6.02. The van der Waals surface area contributed by atoms with Crippen molar-refractivity contribution in [2.75, 3.05) is 5.32 Å². The number of nitrogens with one attached hydrogen (secondary N) is 1. The Hall–Kier alpha value is -2.80. The Morgan fingerprint density at radius 3 is 2.88 bits per heavy atom. The fourth-order valence-electron chi connectivity index (χ4n) is 2.11. The predicted molar refractivity (Wildman–Crippen MR) is 88.0 cm³/mol. The number of aromatic nitrogens is 4. The molecule has 1 amide bonds. The number of rotatable bonds is 4. The Kier molecular flexibility index (Phi) is 4.52. The number of carbonyl (C=O) groups is 1. The van der Waals surface area contributed by atoms with Gasteiger partial charge in [0.25, 0.3) is 0 Å². The molecule has 3 rings (SSSR count). The highest BCUT2D eigenvalue weighted by atomic mass is 35.5. The molecule has 1 heterocycles. The SMILES string of the molecule is Cc1c(Cl)cccc1NC(=O)Cn1nnc(-c2cccc(F)c2)n1. The zero-order chi connectivity index (χ0) is 17.1. The van der Waals surface area contributed by atoms with Gasteiger partial charge in [0.2, 0.25) is 11.7 Å². The Balaban J connectivity index is 1.70. The molecular weight excluding hydrogens is 333 g/mol. The van der Waals surface area contributed by atoms with Crippen LogP contribution < -0.4 is 5.32 Å². The number of benzene rings is 2. The van der Waals surface area contributed by atoms with E-state index in [1.54, 1.807) is 30.3 Å². The lowest BCUT2D eigenvalue weighted by Gasteiger charge is -2.08. The summed E-state index contributed by atoms with van der Waals surface area (Å²) < 4.78 is 13.2. The van der Waals surface area contributed by atoms with Crippen molar-refractivity contribution in [3.8, 4) is 11.4 Å². The molecule has 0 saturated heterocycles. The van der Waals surface area contributed by atoms with Gasteiger partial charge in [0.05, 0.1) is 0 Å². The minimum atomic E-state index is -0.391. The Morgan fingerprint density at radius 1 is 1.29 bits per heavy atom. The van der Waals surface area contributed by atoms with Crippen LogP contribution in [0.3, 0.4) is 0 Å². The third-order valence-electron chi connectivity index (χ3n) is 3.36. The summed E-state index contributed by atoms with van der Waals surface area (Å²) in [6.07, 6.45) is 0. The highest BCUT2D eigenvalue weighted by Gasteiger charge is 2.11. The summed E-state index contributed by atoms with van der Waals surface area (Å²) in [7, 11) is 0. The maximum atomic E-state index is 13.2. The van der Waals surface area contributed by atoms with Gasteiger partial charge >= 0.3 is 0 Å². The summed E-state index contributed by atoms with van der Waals surface area (Å²) in [5.41, 5.74) is 1.89. The predicted octanol–water partition coefficient (Wildman–Crippen LogP) is 3.08. The zero-order valence-electron chi connectivity index (χ0n) is 12.7. The minimum absolute atomic E-state index is 0.117. The number of halogens is 2. The number of anilines is 1. The van der Waals surface area contributed by atoms with Crippen LogP contribution in [0, 0.1) is 12.7 Å². The van der Waals surface area contributed by atoms with Gasteiger partial charge in [0.1, 0.15) is 12.4 Å². The zero-order valence-corrected chi connectivity index (χ0v) is 13.5. The van der Waals surface area contributed by atoms with Crippen LogP contribution in [0.25, 0.3) is 11.4 Å². The molecule has 0 spiro atoms. The molecule has 6 nitrogen and oxygen atoms in total. The van der Waals surface area contributed by atoms with Crippen LogP contribution in [-0.2, 0) is 11.3 Å². The second-order valence-corrected chi connectivity index (χ2v) is 5.52. The second kappa shape index (κ2) is 6.76. The van der Waals surface area contributed by atoms with Crippen molar-refractivity contribution in [2.45, 2.75) is 13.5 Å². The van der Waals surface area contributed by atoms with Crippen molar-refractivity contribution in [1.29, 1.82) is 0 Å². The molecule has 122 valence electrons. The molecule has 1 N–H and O–H groups in total. The Bertz CT molecular complexity index is 896. The fourth-order valence-corrected chi connectivity index (χ4v) is 2.29. The third-order valence-corrected chi connectivity index (χ3v) is 3.77. The van der Waals surface area contributed by atoms with E-state index in [0.717, 1.165) is 10.4 Å². The first-order valence-electron chi connectivity index (χ1n) is 7.11. The average molecular weight is 346 g/mol. The van der Waals surface area contributed by atoms with E-state index in [1.807, 2.05) is 6.92 Å². The van der Waals surface area contributed by atoms with Gasteiger partial charge in [-0.15, -0.1) is 10.2 Å². The maximum absolute atomic E-state index is 13.2. The third kappa shape index (κ3) is 3.57. The molecule has 0 radical (unpaired) electrons. The van der Waals surface area contributed by atoms with Crippen molar-refractivity contribution in [1.82, 2.24) is 20.2 Å². The van der Waals surface area contributed by atoms with E-state index in [9.17, 15) is 9.18 Å². The standard InChI is InChI=1S/C16H13ClFN5O/c1-10-13(17)6-3-7-14(10)19-15(24)9-23-21-16(20-22-23)11-4-2-5-12(18)8-11/h2-8H,9H2,1H3,(H,19,24). The first-order chi connectivity index (χ1) is 11.5. The topological polar surface area (TPSA) is 72.7 Å². The monoisotopic (exact) mass is 345 g/mol. The van der Waals surface area contributed by atoms with E-state index in [0.29, 0.717) is 16.3 Å². The number of carbonyl (C=O) groups excluding carboxylic acids is 1. The first-order valence-corrected chi connectivity index (χ1v) is 7.49. The number of amides is 1. The summed E-state index contributed by atoms with van der Waals surface area (Å²) in [6, 6.07) is 11.1. The summed E-state index contributed by atoms with van der Waals surface area (Å²) in [5, 5.41) is 15.0. The van der Waals surface area contributed by atoms with E-state index in [-0.39, 0.29) is 18.3 Å². The summed E-state index contributed by atoms with van der Waals surface area (Å²) in [4.78, 5) is 13.3. The molecule has 0 fully saturated rings. The van der Waals surface area contributed by atoms with Crippen molar-refractivity contribution in [2.24, 2.45) is 0 Å². The smallest absolute Gasteiger partial charge is 0.248 e. The van der Waals surface area contributed by atoms with Gasteiger partial charge in [-0.3, -0.25) is 4.79 Å². The lowest BCUT2D eigenvalue weighted by molar-refractivity contribution is -0.117. The molecule has 0 bridgehead atoms. The molecule has 0 unspecified atom stereocenters. The summed E-state index contributed by atoms with van der Waals surface area (Å²) in [5.74, 6) is -0.456. The molecule has 2 aromatic carbocycles. The molecule has 8 heteroatoms. The lowest BCUT2D eigenvalue weighted by atomic mass is 10.2. The van der Waals surface area contributed by atoms with E-state index >= 15 is 0 Å². The second-order valence-electron chi connectivity index (χ2n) is 5.11.